The first-order chi connectivity index (χ1) is 7.38. The number of hydrogen-bond donors (Lipinski definition) is 0. The Hall–Kier alpha value is -0.990. The Bertz CT molecular complexity index is 366. The molecule has 2 rings (SSSR count). The van der Waals surface area contributed by atoms with Gasteiger partial charge in [0.15, 0.2) is 0 Å². The van der Waals surface area contributed by atoms with Gasteiger partial charge in [-0.1, -0.05) is 19.9 Å². The van der Waals surface area contributed by atoms with Crippen molar-refractivity contribution in [1.29, 1.82) is 0 Å². The fourth-order valence-corrected chi connectivity index (χ4v) is 1.83. The summed E-state index contributed by atoms with van der Waals surface area (Å²) in [7, 11) is 0. The van der Waals surface area contributed by atoms with Crippen molar-refractivity contribution in [3.05, 3.63) is 34.9 Å². The molecule has 0 heterocycles. The van der Waals surface area contributed by atoms with Crippen molar-refractivity contribution in [3.63, 3.8) is 0 Å². The highest BCUT2D eigenvalue weighted by molar-refractivity contribution is 5.37. The third-order valence-electron chi connectivity index (χ3n) is 3.02. The fraction of sp³-hybridized carbons (Fsp3) is 0.538. The summed E-state index contributed by atoms with van der Waals surface area (Å²) >= 11 is 0. The van der Waals surface area contributed by atoms with Gasteiger partial charge in [0, 0.05) is 0 Å². The highest BCUT2D eigenvalue weighted by Crippen LogP contribution is 2.43. The van der Waals surface area contributed by atoms with E-state index in [2.05, 4.69) is 0 Å². The van der Waals surface area contributed by atoms with E-state index < -0.39 is 11.7 Å². The molecule has 1 aliphatic carbocycles. The third-order valence-corrected chi connectivity index (χ3v) is 3.02. The van der Waals surface area contributed by atoms with Gasteiger partial charge in [0.1, 0.15) is 0 Å². The van der Waals surface area contributed by atoms with Crippen LogP contribution in [0.25, 0.3) is 0 Å². The summed E-state index contributed by atoms with van der Waals surface area (Å²) in [6.45, 7) is 3.85. The summed E-state index contributed by atoms with van der Waals surface area (Å²) in [6, 6.07) is 4.51. The quantitative estimate of drug-likeness (QED) is 0.687. The molecule has 0 nitrogen and oxygen atoms in total. The van der Waals surface area contributed by atoms with Crippen LogP contribution >= 0.6 is 0 Å². The molecule has 16 heavy (non-hydrogen) atoms. The Kier molecular flexibility index (Phi) is 2.72. The largest absolute Gasteiger partial charge is 0.416 e. The molecule has 1 aromatic carbocycles. The molecule has 3 heteroatoms. The second-order valence-corrected chi connectivity index (χ2v) is 4.82. The van der Waals surface area contributed by atoms with Gasteiger partial charge < -0.3 is 0 Å². The zero-order chi connectivity index (χ0) is 11.9. The molecule has 0 saturated heterocycles. The molecule has 0 aliphatic heterocycles. The average Bonchev–Trinajstić information content (AvgIpc) is 2.98. The maximum atomic E-state index is 12.7. The highest BCUT2D eigenvalue weighted by atomic mass is 19.4. The van der Waals surface area contributed by atoms with E-state index in [1.807, 2.05) is 19.9 Å². The molecule has 0 radical (unpaired) electrons. The number of rotatable bonds is 2. The van der Waals surface area contributed by atoms with E-state index >= 15 is 0 Å². The molecule has 0 spiro atoms. The van der Waals surface area contributed by atoms with E-state index in [1.165, 1.54) is 12.1 Å². The standard InChI is InChI=1S/C13H15F3/c1-8(2)10-5-11(9-3-4-9)7-12(6-10)13(14,15)16/h5-9H,3-4H2,1-2H3. The second kappa shape index (κ2) is 3.79. The monoisotopic (exact) mass is 228 g/mol. The van der Waals surface area contributed by atoms with Crippen LogP contribution in [-0.4, -0.2) is 0 Å². The van der Waals surface area contributed by atoms with Crippen LogP contribution in [0.15, 0.2) is 18.2 Å². The first kappa shape index (κ1) is 11.5. The summed E-state index contributed by atoms with van der Waals surface area (Å²) in [5, 5.41) is 0. The van der Waals surface area contributed by atoms with Gasteiger partial charge in [0.05, 0.1) is 5.56 Å². The lowest BCUT2D eigenvalue weighted by atomic mass is 9.96. The number of halogens is 3. The normalized spacial score (nSPS) is 16.9. The molecule has 0 bridgehead atoms. The Morgan fingerprint density at radius 1 is 1.12 bits per heavy atom. The number of alkyl halides is 3. The van der Waals surface area contributed by atoms with E-state index in [0.29, 0.717) is 5.92 Å². The SMILES string of the molecule is CC(C)c1cc(C2CC2)cc(C(F)(F)F)c1. The highest BCUT2D eigenvalue weighted by Gasteiger charge is 2.33. The molecule has 1 aromatic rings. The predicted octanol–water partition coefficient (Wildman–Crippen LogP) is 4.71. The Morgan fingerprint density at radius 3 is 2.19 bits per heavy atom. The van der Waals surface area contributed by atoms with Gasteiger partial charge in [-0.2, -0.15) is 13.2 Å². The van der Waals surface area contributed by atoms with Crippen LogP contribution in [-0.2, 0) is 6.18 Å². The Balaban J connectivity index is 2.44. The predicted molar refractivity (Wildman–Crippen MR) is 57.5 cm³/mol. The molecule has 0 amide bonds. The molecule has 1 saturated carbocycles. The van der Waals surface area contributed by atoms with Crippen LogP contribution in [0.5, 0.6) is 0 Å². The number of hydrogen-bond acceptors (Lipinski definition) is 0. The Labute approximate surface area is 93.5 Å². The molecule has 1 fully saturated rings. The maximum absolute atomic E-state index is 12.7. The van der Waals surface area contributed by atoms with Crippen molar-refractivity contribution in [2.75, 3.05) is 0 Å². The van der Waals surface area contributed by atoms with Crippen molar-refractivity contribution >= 4 is 0 Å². The van der Waals surface area contributed by atoms with Crippen molar-refractivity contribution < 1.29 is 13.2 Å². The molecule has 0 aromatic heterocycles. The summed E-state index contributed by atoms with van der Waals surface area (Å²) in [6.07, 6.45) is -2.17. The first-order valence-corrected chi connectivity index (χ1v) is 5.60. The summed E-state index contributed by atoms with van der Waals surface area (Å²) in [5.41, 5.74) is 1.15. The van der Waals surface area contributed by atoms with Gasteiger partial charge in [0.2, 0.25) is 0 Å². The van der Waals surface area contributed by atoms with Crippen LogP contribution in [0.4, 0.5) is 13.2 Å². The maximum Gasteiger partial charge on any atom is 0.416 e. The number of benzene rings is 1. The van der Waals surface area contributed by atoms with Crippen molar-refractivity contribution in [2.24, 2.45) is 0 Å². The van der Waals surface area contributed by atoms with Crippen molar-refractivity contribution in [1.82, 2.24) is 0 Å². The van der Waals surface area contributed by atoms with E-state index in [4.69, 9.17) is 0 Å². The minimum absolute atomic E-state index is 0.139. The lowest BCUT2D eigenvalue weighted by Gasteiger charge is -2.13. The topological polar surface area (TPSA) is 0 Å². The van der Waals surface area contributed by atoms with Gasteiger partial charge in [-0.25, -0.2) is 0 Å². The van der Waals surface area contributed by atoms with E-state index in [1.54, 1.807) is 0 Å². The molecular formula is C13H15F3. The molecule has 0 N–H and O–H groups in total. The van der Waals surface area contributed by atoms with Gasteiger partial charge in [-0.15, -0.1) is 0 Å². The van der Waals surface area contributed by atoms with Crippen LogP contribution in [0.2, 0.25) is 0 Å². The van der Waals surface area contributed by atoms with Crippen LogP contribution < -0.4 is 0 Å². The molecule has 1 aliphatic rings. The Morgan fingerprint density at radius 2 is 1.75 bits per heavy atom. The van der Waals surface area contributed by atoms with Gasteiger partial charge in [0.25, 0.3) is 0 Å². The average molecular weight is 228 g/mol. The van der Waals surface area contributed by atoms with Crippen LogP contribution in [0, 0.1) is 0 Å². The lowest BCUT2D eigenvalue weighted by Crippen LogP contribution is -2.07. The molecule has 88 valence electrons. The summed E-state index contributed by atoms with van der Waals surface area (Å²) in [4.78, 5) is 0. The van der Waals surface area contributed by atoms with Crippen molar-refractivity contribution in [3.8, 4) is 0 Å². The van der Waals surface area contributed by atoms with E-state index in [0.717, 1.165) is 24.0 Å². The summed E-state index contributed by atoms with van der Waals surface area (Å²) in [5.74, 6) is 0.500. The van der Waals surface area contributed by atoms with Gasteiger partial charge >= 0.3 is 6.18 Å². The zero-order valence-corrected chi connectivity index (χ0v) is 9.43. The van der Waals surface area contributed by atoms with E-state index in [-0.39, 0.29) is 5.92 Å². The van der Waals surface area contributed by atoms with E-state index in [9.17, 15) is 13.2 Å². The summed E-state index contributed by atoms with van der Waals surface area (Å²) < 4.78 is 38.1. The minimum atomic E-state index is -4.23. The van der Waals surface area contributed by atoms with Crippen LogP contribution in [0.1, 0.15) is 55.2 Å². The van der Waals surface area contributed by atoms with Crippen molar-refractivity contribution in [2.45, 2.75) is 44.7 Å². The minimum Gasteiger partial charge on any atom is -0.166 e. The van der Waals surface area contributed by atoms with Gasteiger partial charge in [-0.05, 0) is 47.9 Å². The zero-order valence-electron chi connectivity index (χ0n) is 9.43. The molecule has 0 unspecified atom stereocenters. The molecular weight excluding hydrogens is 213 g/mol. The molecule has 0 atom stereocenters. The smallest absolute Gasteiger partial charge is 0.166 e. The van der Waals surface area contributed by atoms with Crippen LogP contribution in [0.3, 0.4) is 0 Å². The lowest BCUT2D eigenvalue weighted by molar-refractivity contribution is -0.137. The second-order valence-electron chi connectivity index (χ2n) is 4.82. The fourth-order valence-electron chi connectivity index (χ4n) is 1.83. The van der Waals surface area contributed by atoms with Gasteiger partial charge in [-0.3, -0.25) is 0 Å². The third kappa shape index (κ3) is 2.39. The first-order valence-electron chi connectivity index (χ1n) is 5.60.